The molecule has 1 aliphatic heterocycles. The van der Waals surface area contributed by atoms with Crippen LogP contribution in [0, 0.1) is 0 Å². The molecule has 0 atom stereocenters. The van der Waals surface area contributed by atoms with Crippen molar-refractivity contribution in [3.63, 3.8) is 0 Å². The number of benzene rings is 1. The molecule has 0 aliphatic carbocycles. The van der Waals surface area contributed by atoms with Gasteiger partial charge in [-0.1, -0.05) is 0 Å². The van der Waals surface area contributed by atoms with Gasteiger partial charge in [0.1, 0.15) is 5.75 Å². The molecular weight excluding hydrogens is 396 g/mol. The molecular formula is C20H32N2O6S. The highest BCUT2D eigenvalue weighted by Gasteiger charge is 2.27. The van der Waals surface area contributed by atoms with E-state index in [-0.39, 0.29) is 23.3 Å². The maximum absolute atomic E-state index is 12.9. The molecule has 0 radical (unpaired) electrons. The van der Waals surface area contributed by atoms with Gasteiger partial charge in [-0.05, 0) is 50.5 Å². The topological polar surface area (TPSA) is 94.2 Å². The van der Waals surface area contributed by atoms with Crippen molar-refractivity contribution in [2.45, 2.75) is 44.1 Å². The average Bonchev–Trinajstić information content (AvgIpc) is 2.72. The number of amides is 1. The van der Waals surface area contributed by atoms with Crippen molar-refractivity contribution in [3.8, 4) is 5.75 Å². The summed E-state index contributed by atoms with van der Waals surface area (Å²) >= 11 is 0. The van der Waals surface area contributed by atoms with Crippen molar-refractivity contribution < 1.29 is 27.4 Å². The molecule has 1 N–H and O–H groups in total. The quantitative estimate of drug-likeness (QED) is 0.538. The zero-order valence-electron chi connectivity index (χ0n) is 17.5. The second kappa shape index (κ2) is 11.5. The lowest BCUT2D eigenvalue weighted by Crippen LogP contribution is -2.40. The fourth-order valence-corrected chi connectivity index (χ4v) is 4.46. The van der Waals surface area contributed by atoms with E-state index < -0.39 is 10.0 Å². The van der Waals surface area contributed by atoms with Crippen LogP contribution in [0.1, 0.15) is 32.3 Å². The van der Waals surface area contributed by atoms with Crippen molar-refractivity contribution >= 4 is 15.9 Å². The molecule has 2 rings (SSSR count). The van der Waals surface area contributed by atoms with E-state index in [0.717, 1.165) is 6.42 Å². The van der Waals surface area contributed by atoms with Crippen LogP contribution < -0.4 is 10.1 Å². The van der Waals surface area contributed by atoms with Crippen LogP contribution in [0.4, 0.5) is 0 Å². The van der Waals surface area contributed by atoms with E-state index >= 15 is 0 Å². The highest BCUT2D eigenvalue weighted by atomic mass is 32.2. The number of nitrogens with zero attached hydrogens (tertiary/aromatic N) is 1. The number of carbonyl (C=O) groups is 1. The lowest BCUT2D eigenvalue weighted by atomic mass is 10.1. The van der Waals surface area contributed by atoms with Gasteiger partial charge in [0.25, 0.3) is 0 Å². The Labute approximate surface area is 173 Å². The van der Waals surface area contributed by atoms with E-state index in [9.17, 15) is 13.2 Å². The summed E-state index contributed by atoms with van der Waals surface area (Å²) in [5.41, 5.74) is 0.695. The Hall–Kier alpha value is -1.68. The zero-order chi connectivity index (χ0) is 21.3. The largest absolute Gasteiger partial charge is 0.496 e. The van der Waals surface area contributed by atoms with Gasteiger partial charge in [-0.3, -0.25) is 4.79 Å². The minimum Gasteiger partial charge on any atom is -0.496 e. The molecule has 1 aliphatic rings. The summed E-state index contributed by atoms with van der Waals surface area (Å²) in [6.07, 6.45) is 1.58. The predicted octanol–water partition coefficient (Wildman–Crippen LogP) is 1.58. The van der Waals surface area contributed by atoms with Gasteiger partial charge < -0.3 is 19.5 Å². The predicted molar refractivity (Wildman–Crippen MR) is 110 cm³/mol. The molecule has 1 aromatic rings. The minimum absolute atomic E-state index is 0.0851. The monoisotopic (exact) mass is 428 g/mol. The standard InChI is InChI=1S/C20H32N2O6S/c1-16(2)28-12-4-9-21-20(23)8-5-17-15-18(6-7-19(17)26-3)29(24,25)22-10-13-27-14-11-22/h6-7,15-16H,4-5,8-14H2,1-3H3,(H,21,23). The molecule has 9 heteroatoms. The maximum atomic E-state index is 12.9. The van der Waals surface area contributed by atoms with E-state index in [1.165, 1.54) is 11.4 Å². The summed E-state index contributed by atoms with van der Waals surface area (Å²) in [7, 11) is -2.06. The normalized spacial score (nSPS) is 15.4. The smallest absolute Gasteiger partial charge is 0.243 e. The third-order valence-corrected chi connectivity index (χ3v) is 6.47. The van der Waals surface area contributed by atoms with Crippen LogP contribution in [0.3, 0.4) is 0 Å². The van der Waals surface area contributed by atoms with E-state index in [1.807, 2.05) is 13.8 Å². The summed E-state index contributed by atoms with van der Waals surface area (Å²) in [5, 5.41) is 2.86. The van der Waals surface area contributed by atoms with Crippen LogP contribution in [0.5, 0.6) is 5.75 Å². The van der Waals surface area contributed by atoms with E-state index in [2.05, 4.69) is 5.32 Å². The number of nitrogens with one attached hydrogen (secondary N) is 1. The number of hydrogen-bond donors (Lipinski definition) is 1. The molecule has 0 aromatic heterocycles. The summed E-state index contributed by atoms with van der Waals surface area (Å²) in [5.74, 6) is 0.488. The molecule has 0 unspecified atom stereocenters. The van der Waals surface area contributed by atoms with Gasteiger partial charge in [0.15, 0.2) is 0 Å². The average molecular weight is 429 g/mol. The lowest BCUT2D eigenvalue weighted by Gasteiger charge is -2.26. The summed E-state index contributed by atoms with van der Waals surface area (Å²) in [4.78, 5) is 12.3. The van der Waals surface area contributed by atoms with Crippen LogP contribution in [-0.4, -0.2) is 71.3 Å². The van der Waals surface area contributed by atoms with Gasteiger partial charge in [-0.15, -0.1) is 0 Å². The number of methoxy groups -OCH3 is 1. The first-order valence-corrected chi connectivity index (χ1v) is 11.4. The molecule has 0 bridgehead atoms. The molecule has 1 heterocycles. The van der Waals surface area contributed by atoms with Crippen molar-refractivity contribution in [1.82, 2.24) is 9.62 Å². The fraction of sp³-hybridized carbons (Fsp3) is 0.650. The van der Waals surface area contributed by atoms with Gasteiger partial charge in [0.05, 0.1) is 31.3 Å². The maximum Gasteiger partial charge on any atom is 0.243 e. The molecule has 1 aromatic carbocycles. The lowest BCUT2D eigenvalue weighted by molar-refractivity contribution is -0.121. The Morgan fingerprint density at radius 2 is 2.00 bits per heavy atom. The highest BCUT2D eigenvalue weighted by molar-refractivity contribution is 7.89. The third kappa shape index (κ3) is 7.26. The number of hydrogen-bond acceptors (Lipinski definition) is 6. The summed E-state index contributed by atoms with van der Waals surface area (Å²) < 4.78 is 43.2. The molecule has 1 fully saturated rings. The Kier molecular flexibility index (Phi) is 9.35. The highest BCUT2D eigenvalue weighted by Crippen LogP contribution is 2.26. The summed E-state index contributed by atoms with van der Waals surface area (Å²) in [6, 6.07) is 4.79. The third-order valence-electron chi connectivity index (χ3n) is 4.58. The van der Waals surface area contributed by atoms with Crippen LogP contribution in [0.25, 0.3) is 0 Å². The van der Waals surface area contributed by atoms with Crippen molar-refractivity contribution in [2.24, 2.45) is 0 Å². The van der Waals surface area contributed by atoms with Crippen LogP contribution >= 0.6 is 0 Å². The Morgan fingerprint density at radius 1 is 1.28 bits per heavy atom. The number of morpholine rings is 1. The molecule has 1 amide bonds. The number of rotatable bonds is 11. The second-order valence-electron chi connectivity index (χ2n) is 7.11. The van der Waals surface area contributed by atoms with Gasteiger partial charge in [-0.2, -0.15) is 4.31 Å². The number of aryl methyl sites for hydroxylation is 1. The van der Waals surface area contributed by atoms with Crippen molar-refractivity contribution in [3.05, 3.63) is 23.8 Å². The van der Waals surface area contributed by atoms with E-state index in [4.69, 9.17) is 14.2 Å². The number of ether oxygens (including phenoxy) is 3. The number of sulfonamides is 1. The SMILES string of the molecule is COc1ccc(S(=O)(=O)N2CCOCC2)cc1CCC(=O)NCCCOC(C)C. The number of carbonyl (C=O) groups excluding carboxylic acids is 1. The van der Waals surface area contributed by atoms with E-state index in [1.54, 1.807) is 18.2 Å². The Balaban J connectivity index is 1.95. The molecule has 1 saturated heterocycles. The molecule has 0 spiro atoms. The minimum atomic E-state index is -3.59. The van der Waals surface area contributed by atoms with Crippen LogP contribution in [-0.2, 0) is 30.7 Å². The first-order chi connectivity index (χ1) is 13.8. The van der Waals surface area contributed by atoms with Gasteiger partial charge in [0.2, 0.25) is 15.9 Å². The molecule has 164 valence electrons. The van der Waals surface area contributed by atoms with Crippen molar-refractivity contribution in [1.29, 1.82) is 0 Å². The molecule has 29 heavy (non-hydrogen) atoms. The fourth-order valence-electron chi connectivity index (χ4n) is 3.00. The van der Waals surface area contributed by atoms with Crippen LogP contribution in [0.15, 0.2) is 23.1 Å². The Morgan fingerprint density at radius 3 is 2.66 bits per heavy atom. The Bertz CT molecular complexity index is 760. The van der Waals surface area contributed by atoms with Crippen LogP contribution in [0.2, 0.25) is 0 Å². The zero-order valence-corrected chi connectivity index (χ0v) is 18.3. The van der Waals surface area contributed by atoms with E-state index in [0.29, 0.717) is 57.2 Å². The van der Waals surface area contributed by atoms with Gasteiger partial charge in [-0.25, -0.2) is 8.42 Å². The van der Waals surface area contributed by atoms with Gasteiger partial charge >= 0.3 is 0 Å². The first kappa shape index (κ1) is 23.6. The van der Waals surface area contributed by atoms with Gasteiger partial charge in [0, 0.05) is 32.7 Å². The molecule has 0 saturated carbocycles. The first-order valence-electron chi connectivity index (χ1n) is 9.97. The van der Waals surface area contributed by atoms with Crippen molar-refractivity contribution in [2.75, 3.05) is 46.6 Å². The summed E-state index contributed by atoms with van der Waals surface area (Å²) in [6.45, 7) is 6.56. The molecule has 8 nitrogen and oxygen atoms in total. The second-order valence-corrected chi connectivity index (χ2v) is 9.05.